The molecule has 1 aromatic heterocycles. The molecule has 0 aliphatic rings. The topological polar surface area (TPSA) is 102 Å². The highest BCUT2D eigenvalue weighted by molar-refractivity contribution is 6.07. The zero-order valence-electron chi connectivity index (χ0n) is 12.0. The molecule has 7 heteroatoms. The summed E-state index contributed by atoms with van der Waals surface area (Å²) in [5.74, 6) is -0.934. The molecule has 0 saturated carbocycles. The van der Waals surface area contributed by atoms with Gasteiger partial charge in [0.05, 0.1) is 17.2 Å². The lowest BCUT2D eigenvalue weighted by atomic mass is 10.1. The first-order valence-corrected chi connectivity index (χ1v) is 6.71. The number of pyridine rings is 1. The minimum absolute atomic E-state index is 0.146. The summed E-state index contributed by atoms with van der Waals surface area (Å²) in [5, 5.41) is 13.3. The third-order valence-corrected chi connectivity index (χ3v) is 2.90. The van der Waals surface area contributed by atoms with Crippen molar-refractivity contribution in [2.24, 2.45) is 0 Å². The van der Waals surface area contributed by atoms with Crippen molar-refractivity contribution in [2.45, 2.75) is 6.54 Å². The van der Waals surface area contributed by atoms with Gasteiger partial charge in [-0.2, -0.15) is 0 Å². The van der Waals surface area contributed by atoms with Gasteiger partial charge in [0.2, 0.25) is 5.91 Å². The van der Waals surface area contributed by atoms with E-state index < -0.39 is 16.6 Å². The summed E-state index contributed by atoms with van der Waals surface area (Å²) in [6.07, 6.45) is 3.78. The SMILES string of the molecule is O=C(/C=C/C(=O)c1cccc([N+](=O)[O-])c1)NCc1ccccn1. The van der Waals surface area contributed by atoms with Gasteiger partial charge in [0.1, 0.15) is 0 Å². The van der Waals surface area contributed by atoms with E-state index in [2.05, 4.69) is 10.3 Å². The Morgan fingerprint density at radius 3 is 2.70 bits per heavy atom. The molecule has 0 aliphatic heterocycles. The van der Waals surface area contributed by atoms with Crippen molar-refractivity contribution < 1.29 is 14.5 Å². The molecule has 0 fully saturated rings. The highest BCUT2D eigenvalue weighted by Gasteiger charge is 2.09. The van der Waals surface area contributed by atoms with Crippen molar-refractivity contribution in [1.82, 2.24) is 10.3 Å². The molecular weight excluding hydrogens is 298 g/mol. The van der Waals surface area contributed by atoms with Crippen LogP contribution in [0.1, 0.15) is 16.1 Å². The first kappa shape index (κ1) is 16.0. The van der Waals surface area contributed by atoms with Crippen molar-refractivity contribution >= 4 is 17.4 Å². The number of carbonyl (C=O) groups is 2. The number of aromatic nitrogens is 1. The summed E-state index contributed by atoms with van der Waals surface area (Å²) in [7, 11) is 0. The van der Waals surface area contributed by atoms with Gasteiger partial charge in [0.25, 0.3) is 5.69 Å². The fourth-order valence-corrected chi connectivity index (χ4v) is 1.76. The Morgan fingerprint density at radius 1 is 1.17 bits per heavy atom. The fraction of sp³-hybridized carbons (Fsp3) is 0.0625. The van der Waals surface area contributed by atoms with Crippen LogP contribution in [0.3, 0.4) is 0 Å². The van der Waals surface area contributed by atoms with Crippen molar-refractivity contribution in [3.8, 4) is 0 Å². The van der Waals surface area contributed by atoms with Crippen molar-refractivity contribution in [1.29, 1.82) is 0 Å². The largest absolute Gasteiger partial charge is 0.347 e. The predicted molar refractivity (Wildman–Crippen MR) is 82.7 cm³/mol. The van der Waals surface area contributed by atoms with Crippen LogP contribution in [-0.4, -0.2) is 21.6 Å². The number of allylic oxidation sites excluding steroid dienone is 1. The summed E-state index contributed by atoms with van der Waals surface area (Å²) in [6.45, 7) is 0.245. The number of nitrogens with one attached hydrogen (secondary N) is 1. The number of nitrogens with zero attached hydrogens (tertiary/aromatic N) is 2. The van der Waals surface area contributed by atoms with Gasteiger partial charge in [-0.15, -0.1) is 0 Å². The van der Waals surface area contributed by atoms with E-state index in [4.69, 9.17) is 0 Å². The van der Waals surface area contributed by atoms with Gasteiger partial charge in [0.15, 0.2) is 5.78 Å². The maximum atomic E-state index is 11.9. The average Bonchev–Trinajstić information content (AvgIpc) is 2.58. The number of nitro benzene ring substituents is 1. The number of hydrogen-bond donors (Lipinski definition) is 1. The molecule has 0 aliphatic carbocycles. The molecule has 1 heterocycles. The molecule has 0 bridgehead atoms. The second-order valence-corrected chi connectivity index (χ2v) is 4.54. The second kappa shape index (κ2) is 7.60. The number of ketones is 1. The van der Waals surface area contributed by atoms with Crippen LogP contribution in [0.5, 0.6) is 0 Å². The Kier molecular flexibility index (Phi) is 5.30. The van der Waals surface area contributed by atoms with Crippen molar-refractivity contribution in [2.75, 3.05) is 0 Å². The molecule has 23 heavy (non-hydrogen) atoms. The Labute approximate surface area is 131 Å². The zero-order chi connectivity index (χ0) is 16.7. The molecule has 116 valence electrons. The van der Waals surface area contributed by atoms with Crippen LogP contribution < -0.4 is 5.32 Å². The molecule has 0 saturated heterocycles. The molecule has 7 nitrogen and oxygen atoms in total. The first-order chi connectivity index (χ1) is 11.1. The van der Waals surface area contributed by atoms with E-state index in [1.165, 1.54) is 24.3 Å². The van der Waals surface area contributed by atoms with Gasteiger partial charge in [-0.1, -0.05) is 18.2 Å². The van der Waals surface area contributed by atoms with Gasteiger partial charge in [0, 0.05) is 30.0 Å². The zero-order valence-corrected chi connectivity index (χ0v) is 12.0. The van der Waals surface area contributed by atoms with E-state index >= 15 is 0 Å². The highest BCUT2D eigenvalue weighted by atomic mass is 16.6. The second-order valence-electron chi connectivity index (χ2n) is 4.54. The van der Waals surface area contributed by atoms with Crippen molar-refractivity contribution in [3.63, 3.8) is 0 Å². The van der Waals surface area contributed by atoms with Gasteiger partial charge in [-0.25, -0.2) is 0 Å². The summed E-state index contributed by atoms with van der Waals surface area (Å²) < 4.78 is 0. The van der Waals surface area contributed by atoms with E-state index in [0.29, 0.717) is 5.69 Å². The van der Waals surface area contributed by atoms with E-state index in [0.717, 1.165) is 12.2 Å². The van der Waals surface area contributed by atoms with Crippen LogP contribution in [0, 0.1) is 10.1 Å². The molecule has 0 atom stereocenters. The van der Waals surface area contributed by atoms with Crippen LogP contribution in [0.4, 0.5) is 5.69 Å². The number of non-ortho nitro benzene ring substituents is 1. The Hall–Kier alpha value is -3.35. The molecule has 0 spiro atoms. The van der Waals surface area contributed by atoms with Crippen molar-refractivity contribution in [3.05, 3.63) is 82.2 Å². The van der Waals surface area contributed by atoms with Gasteiger partial charge >= 0.3 is 0 Å². The molecule has 0 unspecified atom stereocenters. The molecule has 1 N–H and O–H groups in total. The minimum atomic E-state index is -0.583. The smallest absolute Gasteiger partial charge is 0.270 e. The average molecular weight is 311 g/mol. The number of rotatable bonds is 6. The molecule has 2 aromatic rings. The number of carbonyl (C=O) groups excluding carboxylic acids is 2. The standard InChI is InChI=1S/C16H13N3O4/c20-15(12-4-3-6-14(10-12)19(22)23)7-8-16(21)18-11-13-5-1-2-9-17-13/h1-10H,11H2,(H,18,21)/b8-7+. The quantitative estimate of drug-likeness (QED) is 0.380. The van der Waals surface area contributed by atoms with E-state index in [1.807, 2.05) is 0 Å². The lowest BCUT2D eigenvalue weighted by Gasteiger charge is -2.01. The lowest BCUT2D eigenvalue weighted by Crippen LogP contribution is -2.21. The third kappa shape index (κ3) is 4.85. The summed E-state index contributed by atoms with van der Waals surface area (Å²) in [4.78, 5) is 37.7. The molecular formula is C16H13N3O4. The predicted octanol–water partition coefficient (Wildman–Crippen LogP) is 2.05. The maximum Gasteiger partial charge on any atom is 0.270 e. The Morgan fingerprint density at radius 2 is 2.00 bits per heavy atom. The Balaban J connectivity index is 1.94. The Bertz CT molecular complexity index is 757. The third-order valence-electron chi connectivity index (χ3n) is 2.90. The summed E-state index contributed by atoms with van der Waals surface area (Å²) in [5.41, 5.74) is 0.663. The number of nitro groups is 1. The molecule has 0 radical (unpaired) electrons. The highest BCUT2D eigenvalue weighted by Crippen LogP contribution is 2.13. The number of hydrogen-bond acceptors (Lipinski definition) is 5. The van der Waals surface area contributed by atoms with Crippen LogP contribution in [0.25, 0.3) is 0 Å². The summed E-state index contributed by atoms with van der Waals surface area (Å²) in [6, 6.07) is 10.7. The first-order valence-electron chi connectivity index (χ1n) is 6.71. The minimum Gasteiger partial charge on any atom is -0.347 e. The van der Waals surface area contributed by atoms with Crippen LogP contribution in [0.2, 0.25) is 0 Å². The number of amides is 1. The van der Waals surface area contributed by atoms with E-state index in [9.17, 15) is 19.7 Å². The maximum absolute atomic E-state index is 11.9. The molecule has 2 rings (SSSR count). The van der Waals surface area contributed by atoms with Crippen LogP contribution in [0.15, 0.2) is 60.8 Å². The number of benzene rings is 1. The normalized spacial score (nSPS) is 10.4. The molecule has 1 aromatic carbocycles. The van der Waals surface area contributed by atoms with Crippen LogP contribution in [-0.2, 0) is 11.3 Å². The van der Waals surface area contributed by atoms with Gasteiger partial charge in [-0.05, 0) is 18.2 Å². The van der Waals surface area contributed by atoms with E-state index in [-0.39, 0.29) is 17.8 Å². The molecule has 1 amide bonds. The van der Waals surface area contributed by atoms with Gasteiger partial charge in [-0.3, -0.25) is 24.7 Å². The summed E-state index contributed by atoms with van der Waals surface area (Å²) >= 11 is 0. The lowest BCUT2D eigenvalue weighted by molar-refractivity contribution is -0.384. The van der Waals surface area contributed by atoms with E-state index in [1.54, 1.807) is 24.4 Å². The van der Waals surface area contributed by atoms with Gasteiger partial charge < -0.3 is 5.32 Å². The van der Waals surface area contributed by atoms with Crippen LogP contribution >= 0.6 is 0 Å². The monoisotopic (exact) mass is 311 g/mol. The fourth-order valence-electron chi connectivity index (χ4n) is 1.76.